The molecule has 0 aliphatic rings. The third-order valence-electron chi connectivity index (χ3n) is 2.54. The van der Waals surface area contributed by atoms with Gasteiger partial charge in [-0.2, -0.15) is 0 Å². The van der Waals surface area contributed by atoms with Gasteiger partial charge in [0.1, 0.15) is 0 Å². The second kappa shape index (κ2) is 8.43. The van der Waals surface area contributed by atoms with E-state index in [2.05, 4.69) is 10.9 Å². The Balaban J connectivity index is 1.71. The molecule has 2 N–H and O–H groups in total. The van der Waals surface area contributed by atoms with Gasteiger partial charge in [0, 0.05) is 10.6 Å². The Morgan fingerprint density at radius 3 is 2.55 bits per heavy atom. The Hall–Kier alpha value is -1.21. The van der Waals surface area contributed by atoms with E-state index in [1.165, 1.54) is 23.1 Å². The van der Waals surface area contributed by atoms with E-state index in [1.807, 2.05) is 12.1 Å². The van der Waals surface area contributed by atoms with Crippen molar-refractivity contribution in [3.8, 4) is 0 Å². The van der Waals surface area contributed by atoms with Crippen LogP contribution in [-0.2, 0) is 10.5 Å². The first-order valence-electron chi connectivity index (χ1n) is 6.22. The maximum Gasteiger partial charge on any atom is 0.271 e. The Kier molecular flexibility index (Phi) is 6.57. The van der Waals surface area contributed by atoms with Crippen molar-refractivity contribution in [2.24, 2.45) is 0 Å². The summed E-state index contributed by atoms with van der Waals surface area (Å²) in [6.07, 6.45) is 0. The molecule has 0 atom stereocenters. The van der Waals surface area contributed by atoms with Gasteiger partial charge in [0.05, 0.1) is 20.7 Å². The molecule has 1 aromatic heterocycles. The molecule has 116 valence electrons. The Morgan fingerprint density at radius 1 is 1.09 bits per heavy atom. The minimum Gasteiger partial charge on any atom is -0.272 e. The maximum atomic E-state index is 11.8. The number of thiophene rings is 1. The van der Waals surface area contributed by atoms with Gasteiger partial charge in [-0.25, -0.2) is 0 Å². The third kappa shape index (κ3) is 5.21. The average Bonchev–Trinajstić information content (AvgIpc) is 2.91. The van der Waals surface area contributed by atoms with E-state index in [4.69, 9.17) is 23.2 Å². The molecule has 0 fully saturated rings. The summed E-state index contributed by atoms with van der Waals surface area (Å²) in [5, 5.41) is 0.332. The largest absolute Gasteiger partial charge is 0.272 e. The molecular weight excluding hydrogens is 363 g/mol. The lowest BCUT2D eigenvalue weighted by atomic mass is 10.2. The zero-order chi connectivity index (χ0) is 15.9. The summed E-state index contributed by atoms with van der Waals surface area (Å²) in [5.74, 6) is 0.198. The first-order chi connectivity index (χ1) is 10.6. The molecule has 0 spiro atoms. The molecule has 8 heteroatoms. The number of hydrogen-bond donors (Lipinski definition) is 2. The number of carbonyl (C=O) groups excluding carboxylic acids is 2. The van der Waals surface area contributed by atoms with Crippen LogP contribution in [0.15, 0.2) is 36.4 Å². The van der Waals surface area contributed by atoms with E-state index >= 15 is 0 Å². The van der Waals surface area contributed by atoms with E-state index in [0.29, 0.717) is 16.3 Å². The van der Waals surface area contributed by atoms with Gasteiger partial charge in [-0.15, -0.1) is 23.1 Å². The molecule has 0 radical (unpaired) electrons. The van der Waals surface area contributed by atoms with Gasteiger partial charge >= 0.3 is 0 Å². The predicted octanol–water partition coefficient (Wildman–Crippen LogP) is 3.75. The molecule has 0 bridgehead atoms. The number of nitrogens with one attached hydrogen (secondary N) is 2. The van der Waals surface area contributed by atoms with Crippen molar-refractivity contribution in [1.29, 1.82) is 0 Å². The number of thioether (sulfide) groups is 1. The van der Waals surface area contributed by atoms with Crippen LogP contribution < -0.4 is 10.9 Å². The van der Waals surface area contributed by atoms with Crippen molar-refractivity contribution in [2.75, 3.05) is 5.75 Å². The standard InChI is InChI=1S/C14H12Cl2N2O2S2/c15-11-4-2-1-3-10(11)14(20)18-17-13(19)8-21-7-9-5-6-12(16)22-9/h1-6H,7-8H2,(H,17,19)(H,18,20). The van der Waals surface area contributed by atoms with Crippen LogP contribution in [0.25, 0.3) is 0 Å². The Labute approximate surface area is 146 Å². The molecular formula is C14H12Cl2N2O2S2. The van der Waals surface area contributed by atoms with Crippen molar-refractivity contribution in [2.45, 2.75) is 5.75 Å². The van der Waals surface area contributed by atoms with E-state index in [-0.39, 0.29) is 11.7 Å². The molecule has 1 heterocycles. The summed E-state index contributed by atoms with van der Waals surface area (Å²) in [7, 11) is 0. The quantitative estimate of drug-likeness (QED) is 0.783. The van der Waals surface area contributed by atoms with Gasteiger partial charge in [-0.3, -0.25) is 20.4 Å². The number of rotatable bonds is 5. The van der Waals surface area contributed by atoms with Gasteiger partial charge in [-0.1, -0.05) is 35.3 Å². The highest BCUT2D eigenvalue weighted by Gasteiger charge is 2.10. The SMILES string of the molecule is O=C(CSCc1ccc(Cl)s1)NNC(=O)c1ccccc1Cl. The molecule has 2 aromatic rings. The Bertz CT molecular complexity index is 676. The van der Waals surface area contributed by atoms with Crippen LogP contribution in [0.4, 0.5) is 0 Å². The van der Waals surface area contributed by atoms with Crippen LogP contribution in [0.1, 0.15) is 15.2 Å². The lowest BCUT2D eigenvalue weighted by Crippen LogP contribution is -2.42. The number of hydrazine groups is 1. The molecule has 0 saturated carbocycles. The smallest absolute Gasteiger partial charge is 0.271 e. The number of halogens is 2. The second-order valence-corrected chi connectivity index (χ2v) is 7.37. The van der Waals surface area contributed by atoms with E-state index in [9.17, 15) is 9.59 Å². The summed E-state index contributed by atoms with van der Waals surface area (Å²) in [5.41, 5.74) is 5.01. The van der Waals surface area contributed by atoms with E-state index in [0.717, 1.165) is 9.21 Å². The number of benzene rings is 1. The van der Waals surface area contributed by atoms with Crippen LogP contribution in [0, 0.1) is 0 Å². The van der Waals surface area contributed by atoms with Crippen LogP contribution in [-0.4, -0.2) is 17.6 Å². The van der Waals surface area contributed by atoms with E-state index < -0.39 is 5.91 Å². The number of carbonyl (C=O) groups is 2. The molecule has 1 aromatic carbocycles. The van der Waals surface area contributed by atoms with Gasteiger partial charge in [0.2, 0.25) is 5.91 Å². The number of hydrogen-bond acceptors (Lipinski definition) is 4. The van der Waals surface area contributed by atoms with Crippen molar-refractivity contribution in [3.63, 3.8) is 0 Å². The van der Waals surface area contributed by atoms with Gasteiger partial charge in [0.15, 0.2) is 0 Å². The third-order valence-corrected chi connectivity index (χ3v) is 5.27. The molecule has 0 aliphatic heterocycles. The average molecular weight is 375 g/mol. The highest BCUT2D eigenvalue weighted by atomic mass is 35.5. The fourth-order valence-corrected chi connectivity index (χ4v) is 3.80. The molecule has 2 rings (SSSR count). The zero-order valence-electron chi connectivity index (χ0n) is 11.3. The predicted molar refractivity (Wildman–Crippen MR) is 92.6 cm³/mol. The van der Waals surface area contributed by atoms with Gasteiger partial charge in [0.25, 0.3) is 5.91 Å². The molecule has 4 nitrogen and oxygen atoms in total. The summed E-state index contributed by atoms with van der Waals surface area (Å²) in [6.45, 7) is 0. The Morgan fingerprint density at radius 2 is 1.86 bits per heavy atom. The topological polar surface area (TPSA) is 58.2 Å². The fourth-order valence-electron chi connectivity index (χ4n) is 1.55. The van der Waals surface area contributed by atoms with Gasteiger partial charge < -0.3 is 0 Å². The molecule has 0 saturated heterocycles. The highest BCUT2D eigenvalue weighted by Crippen LogP contribution is 2.24. The lowest BCUT2D eigenvalue weighted by Gasteiger charge is -2.08. The molecule has 0 aliphatic carbocycles. The monoisotopic (exact) mass is 374 g/mol. The summed E-state index contributed by atoms with van der Waals surface area (Å²) in [4.78, 5) is 24.6. The van der Waals surface area contributed by atoms with Crippen LogP contribution in [0.2, 0.25) is 9.36 Å². The van der Waals surface area contributed by atoms with Gasteiger partial charge in [-0.05, 0) is 24.3 Å². The van der Waals surface area contributed by atoms with Crippen LogP contribution >= 0.6 is 46.3 Å². The summed E-state index contributed by atoms with van der Waals surface area (Å²) in [6, 6.07) is 10.4. The summed E-state index contributed by atoms with van der Waals surface area (Å²) >= 11 is 14.7. The lowest BCUT2D eigenvalue weighted by molar-refractivity contribution is -0.119. The van der Waals surface area contributed by atoms with Crippen LogP contribution in [0.5, 0.6) is 0 Å². The highest BCUT2D eigenvalue weighted by molar-refractivity contribution is 7.99. The first-order valence-corrected chi connectivity index (χ1v) is 8.94. The molecule has 22 heavy (non-hydrogen) atoms. The molecule has 0 unspecified atom stereocenters. The van der Waals surface area contributed by atoms with Crippen LogP contribution in [0.3, 0.4) is 0 Å². The second-order valence-electron chi connectivity index (χ2n) is 4.18. The normalized spacial score (nSPS) is 10.3. The fraction of sp³-hybridized carbons (Fsp3) is 0.143. The zero-order valence-corrected chi connectivity index (χ0v) is 14.4. The van der Waals surface area contributed by atoms with Crippen molar-refractivity contribution in [3.05, 3.63) is 56.2 Å². The first kappa shape index (κ1) is 17.1. The minimum absolute atomic E-state index is 0.234. The number of amides is 2. The van der Waals surface area contributed by atoms with E-state index in [1.54, 1.807) is 24.3 Å². The van der Waals surface area contributed by atoms with Crippen molar-refractivity contribution < 1.29 is 9.59 Å². The summed E-state index contributed by atoms with van der Waals surface area (Å²) < 4.78 is 0.729. The molecule has 2 amide bonds. The maximum absolute atomic E-state index is 11.8. The van der Waals surface area contributed by atoms with Crippen molar-refractivity contribution >= 4 is 58.1 Å². The van der Waals surface area contributed by atoms with Crippen molar-refractivity contribution in [1.82, 2.24) is 10.9 Å². The minimum atomic E-state index is -0.450.